The highest BCUT2D eigenvalue weighted by Gasteiger charge is 2.29. The molecule has 0 bridgehead atoms. The van der Waals surface area contributed by atoms with E-state index in [1.54, 1.807) is 4.90 Å². The predicted molar refractivity (Wildman–Crippen MR) is 68.9 cm³/mol. The molecule has 3 unspecified atom stereocenters. The van der Waals surface area contributed by atoms with E-state index in [1.807, 2.05) is 6.92 Å². The van der Waals surface area contributed by atoms with Crippen molar-refractivity contribution >= 4 is 12.0 Å². The quantitative estimate of drug-likeness (QED) is 0.786. The molecule has 19 heavy (non-hydrogen) atoms. The molecule has 6 heteroatoms. The van der Waals surface area contributed by atoms with E-state index in [0.29, 0.717) is 26.1 Å². The van der Waals surface area contributed by atoms with E-state index in [0.717, 1.165) is 19.3 Å². The van der Waals surface area contributed by atoms with Crippen molar-refractivity contribution in [2.24, 2.45) is 5.92 Å². The summed E-state index contributed by atoms with van der Waals surface area (Å²) in [5.41, 5.74) is 0. The number of piperidine rings is 1. The number of carbonyl (C=O) groups excluding carboxylic acids is 1. The first-order valence-corrected chi connectivity index (χ1v) is 6.96. The number of urea groups is 1. The van der Waals surface area contributed by atoms with E-state index in [-0.39, 0.29) is 18.2 Å². The average molecular weight is 270 g/mol. The van der Waals surface area contributed by atoms with Gasteiger partial charge in [0, 0.05) is 25.7 Å². The van der Waals surface area contributed by atoms with Gasteiger partial charge in [0.25, 0.3) is 0 Å². The van der Waals surface area contributed by atoms with Crippen LogP contribution in [0, 0.1) is 5.92 Å². The van der Waals surface area contributed by atoms with E-state index < -0.39 is 11.9 Å². The summed E-state index contributed by atoms with van der Waals surface area (Å²) in [6, 6.07) is 0.00602. The molecule has 0 aromatic carbocycles. The summed E-state index contributed by atoms with van der Waals surface area (Å²) in [5.74, 6) is -1.23. The smallest absolute Gasteiger partial charge is 0.317 e. The molecular formula is C13H22N2O4. The number of likely N-dealkylation sites (tertiary alicyclic amines) is 1. The maximum Gasteiger partial charge on any atom is 0.317 e. The fourth-order valence-corrected chi connectivity index (χ4v) is 2.76. The Morgan fingerprint density at radius 2 is 2.16 bits per heavy atom. The normalized spacial score (nSPS) is 31.8. The third kappa shape index (κ3) is 3.83. The molecule has 2 heterocycles. The predicted octanol–water partition coefficient (Wildman–Crippen LogP) is 1.06. The molecule has 0 radical (unpaired) electrons. The Morgan fingerprint density at radius 1 is 1.37 bits per heavy atom. The largest absolute Gasteiger partial charge is 0.481 e. The van der Waals surface area contributed by atoms with Crippen LogP contribution in [0.3, 0.4) is 0 Å². The third-order valence-corrected chi connectivity index (χ3v) is 3.87. The van der Waals surface area contributed by atoms with Gasteiger partial charge in [0.15, 0.2) is 0 Å². The van der Waals surface area contributed by atoms with Crippen LogP contribution in [-0.4, -0.2) is 53.8 Å². The lowest BCUT2D eigenvalue weighted by molar-refractivity contribution is -0.143. The van der Waals surface area contributed by atoms with Crippen molar-refractivity contribution in [1.82, 2.24) is 10.2 Å². The van der Waals surface area contributed by atoms with Gasteiger partial charge in [-0.05, 0) is 32.6 Å². The van der Waals surface area contributed by atoms with Gasteiger partial charge in [-0.25, -0.2) is 4.79 Å². The Kier molecular flexibility index (Phi) is 4.63. The summed E-state index contributed by atoms with van der Waals surface area (Å²) >= 11 is 0. The Balaban J connectivity index is 1.83. The third-order valence-electron chi connectivity index (χ3n) is 3.87. The second kappa shape index (κ2) is 6.23. The molecule has 2 amide bonds. The van der Waals surface area contributed by atoms with Gasteiger partial charge in [-0.3, -0.25) is 4.79 Å². The zero-order chi connectivity index (χ0) is 13.8. The maximum absolute atomic E-state index is 12.1. The summed E-state index contributed by atoms with van der Waals surface area (Å²) in [7, 11) is 0. The van der Waals surface area contributed by atoms with Crippen molar-refractivity contribution in [2.75, 3.05) is 19.7 Å². The molecule has 6 nitrogen and oxygen atoms in total. The molecule has 0 aromatic heterocycles. The van der Waals surface area contributed by atoms with Crippen LogP contribution >= 0.6 is 0 Å². The lowest BCUT2D eigenvalue weighted by Crippen LogP contribution is -2.51. The maximum atomic E-state index is 12.1. The summed E-state index contributed by atoms with van der Waals surface area (Å²) in [6.07, 6.45) is 3.24. The van der Waals surface area contributed by atoms with Gasteiger partial charge in [0.1, 0.15) is 0 Å². The van der Waals surface area contributed by atoms with Crippen molar-refractivity contribution in [2.45, 2.75) is 44.8 Å². The number of amides is 2. The monoisotopic (exact) mass is 270 g/mol. The van der Waals surface area contributed by atoms with Crippen molar-refractivity contribution in [1.29, 1.82) is 0 Å². The lowest BCUT2D eigenvalue weighted by atomic mass is 9.98. The van der Waals surface area contributed by atoms with Gasteiger partial charge < -0.3 is 20.1 Å². The number of ether oxygens (including phenoxy) is 1. The van der Waals surface area contributed by atoms with Crippen molar-refractivity contribution in [3.63, 3.8) is 0 Å². The first-order valence-electron chi connectivity index (χ1n) is 6.96. The van der Waals surface area contributed by atoms with Crippen LogP contribution < -0.4 is 5.32 Å². The number of carboxylic acid groups (broad SMARTS) is 1. The van der Waals surface area contributed by atoms with Crippen LogP contribution in [0.1, 0.15) is 32.6 Å². The molecule has 0 saturated carbocycles. The molecule has 2 rings (SSSR count). The summed E-state index contributed by atoms with van der Waals surface area (Å²) in [5, 5.41) is 12.0. The summed E-state index contributed by atoms with van der Waals surface area (Å²) in [4.78, 5) is 24.7. The average Bonchev–Trinajstić information content (AvgIpc) is 2.39. The summed E-state index contributed by atoms with van der Waals surface area (Å²) < 4.78 is 5.44. The minimum Gasteiger partial charge on any atom is -0.481 e. The minimum absolute atomic E-state index is 0.134. The van der Waals surface area contributed by atoms with Gasteiger partial charge in [-0.1, -0.05) is 0 Å². The van der Waals surface area contributed by atoms with E-state index in [9.17, 15) is 9.59 Å². The fraction of sp³-hybridized carbons (Fsp3) is 0.846. The molecule has 2 aliphatic heterocycles. The number of hydrogen-bond acceptors (Lipinski definition) is 3. The van der Waals surface area contributed by atoms with E-state index in [2.05, 4.69) is 5.32 Å². The first-order chi connectivity index (χ1) is 9.06. The zero-order valence-corrected chi connectivity index (χ0v) is 11.3. The van der Waals surface area contributed by atoms with Gasteiger partial charge in [0.05, 0.1) is 12.0 Å². The fourth-order valence-electron chi connectivity index (χ4n) is 2.76. The van der Waals surface area contributed by atoms with Crippen LogP contribution in [0.15, 0.2) is 0 Å². The highest BCUT2D eigenvalue weighted by molar-refractivity contribution is 5.76. The molecule has 0 aromatic rings. The number of nitrogens with one attached hydrogen (secondary N) is 1. The van der Waals surface area contributed by atoms with Crippen molar-refractivity contribution in [3.8, 4) is 0 Å². The second-order valence-corrected chi connectivity index (χ2v) is 5.48. The van der Waals surface area contributed by atoms with Crippen LogP contribution in [0.2, 0.25) is 0 Å². The number of nitrogens with zero attached hydrogens (tertiary/aromatic N) is 1. The second-order valence-electron chi connectivity index (χ2n) is 5.48. The van der Waals surface area contributed by atoms with Crippen LogP contribution in [-0.2, 0) is 9.53 Å². The number of aliphatic carboxylic acids is 1. The molecule has 108 valence electrons. The van der Waals surface area contributed by atoms with Crippen LogP contribution in [0.4, 0.5) is 4.79 Å². The Morgan fingerprint density at radius 3 is 2.84 bits per heavy atom. The zero-order valence-electron chi connectivity index (χ0n) is 11.3. The van der Waals surface area contributed by atoms with E-state index >= 15 is 0 Å². The molecule has 2 saturated heterocycles. The van der Waals surface area contributed by atoms with Gasteiger partial charge in [0.2, 0.25) is 0 Å². The number of hydrogen-bond donors (Lipinski definition) is 2. The Bertz CT molecular complexity index is 348. The Labute approximate surface area is 113 Å². The molecule has 2 aliphatic rings. The SMILES string of the molecule is CC1CC(NC(=O)N2CCCC(C(=O)O)C2)CCO1. The number of carboxylic acids is 1. The highest BCUT2D eigenvalue weighted by atomic mass is 16.5. The van der Waals surface area contributed by atoms with E-state index in [1.165, 1.54) is 0 Å². The Hall–Kier alpha value is -1.30. The minimum atomic E-state index is -0.808. The number of carbonyl (C=O) groups is 2. The van der Waals surface area contributed by atoms with Gasteiger partial charge in [-0.2, -0.15) is 0 Å². The molecule has 0 spiro atoms. The standard InChI is InChI=1S/C13H22N2O4/c1-9-7-11(4-6-19-9)14-13(18)15-5-2-3-10(8-15)12(16)17/h9-11H,2-8H2,1H3,(H,14,18)(H,16,17). The topological polar surface area (TPSA) is 78.9 Å². The molecular weight excluding hydrogens is 248 g/mol. The van der Waals surface area contributed by atoms with Crippen molar-refractivity contribution in [3.05, 3.63) is 0 Å². The molecule has 3 atom stereocenters. The van der Waals surface area contributed by atoms with Crippen LogP contribution in [0.25, 0.3) is 0 Å². The number of rotatable bonds is 2. The molecule has 0 aliphatic carbocycles. The molecule has 2 N–H and O–H groups in total. The highest BCUT2D eigenvalue weighted by Crippen LogP contribution is 2.18. The molecule has 2 fully saturated rings. The van der Waals surface area contributed by atoms with Gasteiger partial charge >= 0.3 is 12.0 Å². The van der Waals surface area contributed by atoms with E-state index in [4.69, 9.17) is 9.84 Å². The van der Waals surface area contributed by atoms with Crippen LogP contribution in [0.5, 0.6) is 0 Å². The lowest BCUT2D eigenvalue weighted by Gasteiger charge is -2.34. The summed E-state index contributed by atoms with van der Waals surface area (Å²) in [6.45, 7) is 3.64. The van der Waals surface area contributed by atoms with Gasteiger partial charge in [-0.15, -0.1) is 0 Å². The van der Waals surface area contributed by atoms with Crippen molar-refractivity contribution < 1.29 is 19.4 Å². The first kappa shape index (κ1) is 14.1.